The Morgan fingerprint density at radius 1 is 1.55 bits per heavy atom. The minimum atomic E-state index is -0.771. The maximum Gasteiger partial charge on any atom is 0.348 e. The van der Waals surface area contributed by atoms with E-state index in [1.54, 1.807) is 6.92 Å². The van der Waals surface area contributed by atoms with Crippen LogP contribution in [-0.2, 0) is 14.3 Å². The molecular weight excluding hydrogens is 288 g/mol. The highest BCUT2D eigenvalue weighted by Gasteiger charge is 2.25. The molecule has 0 aliphatic rings. The zero-order valence-electron chi connectivity index (χ0n) is 11.2. The van der Waals surface area contributed by atoms with Crippen LogP contribution in [0.2, 0.25) is 0 Å². The summed E-state index contributed by atoms with van der Waals surface area (Å²) in [4.78, 5) is 33.3. The molecule has 0 amide bonds. The minimum Gasteiger partial charge on any atom is -0.467 e. The molecule has 110 valence electrons. The summed E-state index contributed by atoms with van der Waals surface area (Å²) in [6, 6.07) is 0.349. The Labute approximate surface area is 118 Å². The molecule has 0 bridgehead atoms. The van der Waals surface area contributed by atoms with Crippen molar-refractivity contribution >= 4 is 34.0 Å². The van der Waals surface area contributed by atoms with Gasteiger partial charge in [-0.1, -0.05) is 0 Å². The van der Waals surface area contributed by atoms with Crippen molar-refractivity contribution in [3.63, 3.8) is 0 Å². The lowest BCUT2D eigenvalue weighted by Crippen LogP contribution is -2.26. The van der Waals surface area contributed by atoms with Gasteiger partial charge in [-0.3, -0.25) is 10.1 Å². The molecule has 0 aliphatic heterocycles. The van der Waals surface area contributed by atoms with E-state index < -0.39 is 22.9 Å². The van der Waals surface area contributed by atoms with E-state index in [9.17, 15) is 19.7 Å². The number of nitro groups is 1. The first-order valence-corrected chi connectivity index (χ1v) is 6.52. The Kier molecular flexibility index (Phi) is 5.44. The monoisotopic (exact) mass is 302 g/mol. The number of esters is 2. The molecule has 0 saturated carbocycles. The second-order valence-electron chi connectivity index (χ2n) is 3.69. The van der Waals surface area contributed by atoms with Crippen molar-refractivity contribution in [3.8, 4) is 0 Å². The molecule has 0 radical (unpaired) electrons. The van der Waals surface area contributed by atoms with E-state index in [2.05, 4.69) is 10.1 Å². The summed E-state index contributed by atoms with van der Waals surface area (Å²) in [6.07, 6.45) is 0. The summed E-state index contributed by atoms with van der Waals surface area (Å²) >= 11 is 0.857. The highest BCUT2D eigenvalue weighted by atomic mass is 32.1. The van der Waals surface area contributed by atoms with Gasteiger partial charge in [-0.05, 0) is 13.8 Å². The molecule has 0 saturated heterocycles. The lowest BCUT2D eigenvalue weighted by Gasteiger charge is -2.10. The number of ether oxygens (including phenoxy) is 2. The maximum absolute atomic E-state index is 11.6. The standard InChI is InChI=1S/C11H14N2O6S/c1-4-19-11(15)8-5-7(13(16)17)9(20-8)12-6(2)10(14)18-3/h5-6,12H,4H2,1-3H3. The highest BCUT2D eigenvalue weighted by Crippen LogP contribution is 2.35. The molecule has 1 unspecified atom stereocenters. The highest BCUT2D eigenvalue weighted by molar-refractivity contribution is 7.18. The lowest BCUT2D eigenvalue weighted by atomic mass is 10.3. The molecule has 1 rings (SSSR count). The normalized spacial score (nSPS) is 11.6. The van der Waals surface area contributed by atoms with Crippen LogP contribution in [0.15, 0.2) is 6.07 Å². The summed E-state index contributed by atoms with van der Waals surface area (Å²) in [5.74, 6) is -1.20. The third-order valence-corrected chi connectivity index (χ3v) is 3.32. The van der Waals surface area contributed by atoms with Gasteiger partial charge in [-0.25, -0.2) is 9.59 Å². The van der Waals surface area contributed by atoms with Gasteiger partial charge in [0.2, 0.25) is 0 Å². The summed E-state index contributed by atoms with van der Waals surface area (Å²) in [5.41, 5.74) is -0.284. The fourth-order valence-corrected chi connectivity index (χ4v) is 2.36. The Hall–Kier alpha value is -2.16. The molecule has 0 aliphatic carbocycles. The van der Waals surface area contributed by atoms with Crippen molar-refractivity contribution in [2.24, 2.45) is 0 Å². The zero-order chi connectivity index (χ0) is 15.3. The van der Waals surface area contributed by atoms with Crippen LogP contribution in [0.3, 0.4) is 0 Å². The number of nitrogens with zero attached hydrogens (tertiary/aromatic N) is 1. The lowest BCUT2D eigenvalue weighted by molar-refractivity contribution is -0.383. The van der Waals surface area contributed by atoms with Crippen molar-refractivity contribution in [2.45, 2.75) is 19.9 Å². The molecule has 20 heavy (non-hydrogen) atoms. The fourth-order valence-electron chi connectivity index (χ4n) is 1.36. The summed E-state index contributed by atoms with van der Waals surface area (Å²) in [5, 5.41) is 13.7. The summed E-state index contributed by atoms with van der Waals surface area (Å²) in [7, 11) is 1.22. The Balaban J connectivity index is 3.02. The van der Waals surface area contributed by atoms with Crippen LogP contribution in [0, 0.1) is 10.1 Å². The Morgan fingerprint density at radius 3 is 2.70 bits per heavy atom. The largest absolute Gasteiger partial charge is 0.467 e. The van der Waals surface area contributed by atoms with E-state index in [0.717, 1.165) is 17.4 Å². The number of hydrogen-bond donors (Lipinski definition) is 1. The van der Waals surface area contributed by atoms with Crippen molar-refractivity contribution < 1.29 is 24.0 Å². The van der Waals surface area contributed by atoms with Crippen molar-refractivity contribution in [3.05, 3.63) is 21.1 Å². The number of hydrogen-bond acceptors (Lipinski definition) is 8. The predicted octanol–water partition coefficient (Wildman–Crippen LogP) is 1.81. The van der Waals surface area contributed by atoms with Crippen molar-refractivity contribution in [1.29, 1.82) is 0 Å². The number of methoxy groups -OCH3 is 1. The molecule has 8 nitrogen and oxygen atoms in total. The van der Waals surface area contributed by atoms with E-state index >= 15 is 0 Å². The van der Waals surface area contributed by atoms with Crippen LogP contribution in [0.1, 0.15) is 23.5 Å². The second-order valence-corrected chi connectivity index (χ2v) is 4.74. The van der Waals surface area contributed by atoms with Gasteiger partial charge in [0.25, 0.3) is 0 Å². The Morgan fingerprint density at radius 2 is 2.20 bits per heavy atom. The first kappa shape index (κ1) is 15.9. The number of rotatable bonds is 6. The summed E-state index contributed by atoms with van der Waals surface area (Å²) in [6.45, 7) is 3.31. The third kappa shape index (κ3) is 3.67. The van der Waals surface area contributed by atoms with E-state index in [1.165, 1.54) is 14.0 Å². The first-order chi connectivity index (χ1) is 9.40. The Bertz CT molecular complexity index is 527. The van der Waals surface area contributed by atoms with Crippen molar-refractivity contribution in [1.82, 2.24) is 0 Å². The zero-order valence-corrected chi connectivity index (χ0v) is 12.0. The van der Waals surface area contributed by atoms with Crippen LogP contribution >= 0.6 is 11.3 Å². The van der Waals surface area contributed by atoms with E-state index in [4.69, 9.17) is 4.74 Å². The average Bonchev–Trinajstić information content (AvgIpc) is 2.82. The van der Waals surface area contributed by atoms with Gasteiger partial charge in [0.1, 0.15) is 10.9 Å². The quantitative estimate of drug-likeness (QED) is 0.485. The van der Waals surface area contributed by atoms with E-state index in [0.29, 0.717) is 0 Å². The van der Waals surface area contributed by atoms with E-state index in [-0.39, 0.29) is 22.2 Å². The fraction of sp³-hybridized carbons (Fsp3) is 0.455. The molecule has 1 N–H and O–H groups in total. The molecule has 1 aromatic rings. The van der Waals surface area contributed by atoms with Crippen LogP contribution in [0.5, 0.6) is 0 Å². The average molecular weight is 302 g/mol. The molecule has 0 aromatic carbocycles. The van der Waals surface area contributed by atoms with Gasteiger partial charge in [-0.15, -0.1) is 11.3 Å². The topological polar surface area (TPSA) is 108 Å². The maximum atomic E-state index is 11.6. The van der Waals surface area contributed by atoms with Gasteiger partial charge in [0.15, 0.2) is 5.00 Å². The molecule has 1 atom stereocenters. The first-order valence-electron chi connectivity index (χ1n) is 5.70. The predicted molar refractivity (Wildman–Crippen MR) is 72.0 cm³/mol. The van der Waals surface area contributed by atoms with Gasteiger partial charge < -0.3 is 14.8 Å². The van der Waals surface area contributed by atoms with Crippen molar-refractivity contribution in [2.75, 3.05) is 19.0 Å². The second kappa shape index (κ2) is 6.85. The van der Waals surface area contributed by atoms with Gasteiger partial charge in [0, 0.05) is 6.07 Å². The number of thiophene rings is 1. The van der Waals surface area contributed by atoms with Crippen LogP contribution in [0.25, 0.3) is 0 Å². The number of nitrogens with one attached hydrogen (secondary N) is 1. The molecular formula is C11H14N2O6S. The van der Waals surface area contributed by atoms with Crippen LogP contribution in [-0.4, -0.2) is 36.6 Å². The number of carbonyl (C=O) groups excluding carboxylic acids is 2. The smallest absolute Gasteiger partial charge is 0.348 e. The molecule has 9 heteroatoms. The van der Waals surface area contributed by atoms with Gasteiger partial charge in [-0.2, -0.15) is 0 Å². The van der Waals surface area contributed by atoms with Crippen LogP contribution in [0.4, 0.5) is 10.7 Å². The van der Waals surface area contributed by atoms with Crippen LogP contribution < -0.4 is 5.32 Å². The molecule has 0 spiro atoms. The molecule has 1 aromatic heterocycles. The SMILES string of the molecule is CCOC(=O)c1cc([N+](=O)[O-])c(NC(C)C(=O)OC)s1. The van der Waals surface area contributed by atoms with Gasteiger partial charge in [0.05, 0.1) is 18.6 Å². The molecule has 0 fully saturated rings. The summed E-state index contributed by atoms with van der Waals surface area (Å²) < 4.78 is 9.30. The van der Waals surface area contributed by atoms with E-state index in [1.807, 2.05) is 0 Å². The van der Waals surface area contributed by atoms with Gasteiger partial charge >= 0.3 is 17.6 Å². The number of anilines is 1. The third-order valence-electron chi connectivity index (χ3n) is 2.29. The minimum absolute atomic E-state index is 0.0955. The molecule has 1 heterocycles. The number of carbonyl (C=O) groups is 2.